The van der Waals surface area contributed by atoms with Gasteiger partial charge in [-0.3, -0.25) is 0 Å². The summed E-state index contributed by atoms with van der Waals surface area (Å²) in [6.07, 6.45) is 0.599. The van der Waals surface area contributed by atoms with E-state index < -0.39 is 0 Å². The number of rotatable bonds is 4. The standard InChI is InChI=1S/C11H12N2O3/c1-15-7-6-10-12-11(13-16-10)8-2-4-9(14)5-3-8/h2-5,14H,6-7H2,1H3. The van der Waals surface area contributed by atoms with Gasteiger partial charge in [0.2, 0.25) is 11.7 Å². The van der Waals surface area contributed by atoms with Gasteiger partial charge in [-0.15, -0.1) is 0 Å². The number of ether oxygens (including phenoxy) is 1. The topological polar surface area (TPSA) is 68.4 Å². The number of nitrogens with zero attached hydrogens (tertiary/aromatic N) is 2. The number of aromatic hydroxyl groups is 1. The molecule has 0 saturated carbocycles. The van der Waals surface area contributed by atoms with E-state index in [4.69, 9.17) is 14.4 Å². The van der Waals surface area contributed by atoms with Gasteiger partial charge in [-0.2, -0.15) is 4.98 Å². The van der Waals surface area contributed by atoms with Crippen LogP contribution in [0, 0.1) is 0 Å². The van der Waals surface area contributed by atoms with Crippen LogP contribution in [0.2, 0.25) is 0 Å². The third-order valence-electron chi connectivity index (χ3n) is 2.11. The van der Waals surface area contributed by atoms with Crippen molar-refractivity contribution >= 4 is 0 Å². The number of hydrogen-bond acceptors (Lipinski definition) is 5. The van der Waals surface area contributed by atoms with Crippen molar-refractivity contribution in [3.05, 3.63) is 30.2 Å². The Labute approximate surface area is 92.7 Å². The molecule has 1 aromatic carbocycles. The maximum atomic E-state index is 9.14. The summed E-state index contributed by atoms with van der Waals surface area (Å²) in [5.74, 6) is 1.28. The molecule has 16 heavy (non-hydrogen) atoms. The number of hydrogen-bond donors (Lipinski definition) is 1. The molecule has 2 rings (SSSR count). The minimum absolute atomic E-state index is 0.215. The lowest BCUT2D eigenvalue weighted by Crippen LogP contribution is -1.94. The Balaban J connectivity index is 2.15. The molecule has 0 saturated heterocycles. The number of aromatic nitrogens is 2. The van der Waals surface area contributed by atoms with Gasteiger partial charge in [-0.25, -0.2) is 0 Å². The summed E-state index contributed by atoms with van der Waals surface area (Å²) in [7, 11) is 1.62. The minimum Gasteiger partial charge on any atom is -0.508 e. The summed E-state index contributed by atoms with van der Waals surface area (Å²) in [5.41, 5.74) is 0.810. The molecule has 0 amide bonds. The Bertz CT molecular complexity index is 451. The van der Waals surface area contributed by atoms with Crippen LogP contribution in [0.25, 0.3) is 11.4 Å². The molecule has 1 N–H and O–H groups in total. The van der Waals surface area contributed by atoms with Gasteiger partial charge in [0.1, 0.15) is 5.75 Å². The summed E-state index contributed by atoms with van der Waals surface area (Å²) in [6, 6.07) is 6.64. The quantitative estimate of drug-likeness (QED) is 0.848. The van der Waals surface area contributed by atoms with Gasteiger partial charge in [-0.1, -0.05) is 5.16 Å². The fraction of sp³-hybridized carbons (Fsp3) is 0.273. The molecule has 0 unspecified atom stereocenters. The first-order valence-electron chi connectivity index (χ1n) is 4.90. The highest BCUT2D eigenvalue weighted by atomic mass is 16.5. The van der Waals surface area contributed by atoms with Gasteiger partial charge >= 0.3 is 0 Å². The van der Waals surface area contributed by atoms with E-state index in [1.54, 1.807) is 31.4 Å². The summed E-state index contributed by atoms with van der Waals surface area (Å²) in [6.45, 7) is 0.553. The first kappa shape index (κ1) is 10.6. The van der Waals surface area contributed by atoms with Crippen LogP contribution in [-0.2, 0) is 11.2 Å². The maximum absolute atomic E-state index is 9.14. The summed E-state index contributed by atoms with van der Waals surface area (Å²) >= 11 is 0. The lowest BCUT2D eigenvalue weighted by atomic mass is 10.2. The van der Waals surface area contributed by atoms with Crippen LogP contribution in [0.1, 0.15) is 5.89 Å². The van der Waals surface area contributed by atoms with Gasteiger partial charge in [0.25, 0.3) is 0 Å². The fourth-order valence-electron chi connectivity index (χ4n) is 1.27. The fourth-order valence-corrected chi connectivity index (χ4v) is 1.27. The molecule has 84 valence electrons. The van der Waals surface area contributed by atoms with Crippen molar-refractivity contribution in [1.29, 1.82) is 0 Å². The smallest absolute Gasteiger partial charge is 0.229 e. The second-order valence-corrected chi connectivity index (χ2v) is 3.30. The third-order valence-corrected chi connectivity index (χ3v) is 2.11. The molecule has 0 aliphatic rings. The molecule has 0 fully saturated rings. The predicted molar refractivity (Wildman–Crippen MR) is 57.0 cm³/mol. The lowest BCUT2D eigenvalue weighted by Gasteiger charge is -1.94. The predicted octanol–water partition coefficient (Wildman–Crippen LogP) is 1.63. The van der Waals surface area contributed by atoms with Crippen molar-refractivity contribution in [2.75, 3.05) is 13.7 Å². The van der Waals surface area contributed by atoms with Crippen LogP contribution in [-0.4, -0.2) is 29.0 Å². The average Bonchev–Trinajstić information content (AvgIpc) is 2.76. The SMILES string of the molecule is COCCc1nc(-c2ccc(O)cc2)no1. The third kappa shape index (κ3) is 2.38. The van der Waals surface area contributed by atoms with E-state index in [2.05, 4.69) is 10.1 Å². The van der Waals surface area contributed by atoms with Crippen LogP contribution < -0.4 is 0 Å². The van der Waals surface area contributed by atoms with E-state index in [-0.39, 0.29) is 5.75 Å². The Hall–Kier alpha value is -1.88. The molecule has 0 aliphatic heterocycles. The highest BCUT2D eigenvalue weighted by Crippen LogP contribution is 2.18. The van der Waals surface area contributed by atoms with Gasteiger partial charge in [0.05, 0.1) is 13.0 Å². The summed E-state index contributed by atoms with van der Waals surface area (Å²) < 4.78 is 9.96. The van der Waals surface area contributed by atoms with Gasteiger partial charge in [-0.05, 0) is 24.3 Å². The highest BCUT2D eigenvalue weighted by Gasteiger charge is 2.07. The molecule has 1 aromatic heterocycles. The molecule has 0 atom stereocenters. The second kappa shape index (κ2) is 4.76. The highest BCUT2D eigenvalue weighted by molar-refractivity contribution is 5.55. The number of phenolic OH excluding ortho intramolecular Hbond substituents is 1. The van der Waals surface area contributed by atoms with Crippen molar-refractivity contribution in [2.24, 2.45) is 0 Å². The van der Waals surface area contributed by atoms with E-state index in [0.29, 0.717) is 24.7 Å². The monoisotopic (exact) mass is 220 g/mol. The van der Waals surface area contributed by atoms with Crippen molar-refractivity contribution in [2.45, 2.75) is 6.42 Å². The number of benzene rings is 1. The van der Waals surface area contributed by atoms with Crippen LogP contribution in [0.4, 0.5) is 0 Å². The zero-order valence-electron chi connectivity index (χ0n) is 8.88. The zero-order chi connectivity index (χ0) is 11.4. The van der Waals surface area contributed by atoms with Gasteiger partial charge < -0.3 is 14.4 Å². The molecule has 5 nitrogen and oxygen atoms in total. The van der Waals surface area contributed by atoms with E-state index in [9.17, 15) is 0 Å². The molecule has 0 radical (unpaired) electrons. The Morgan fingerprint density at radius 3 is 2.75 bits per heavy atom. The van der Waals surface area contributed by atoms with Crippen molar-refractivity contribution < 1.29 is 14.4 Å². The molecule has 2 aromatic rings. The maximum Gasteiger partial charge on any atom is 0.229 e. The second-order valence-electron chi connectivity index (χ2n) is 3.30. The summed E-state index contributed by atoms with van der Waals surface area (Å²) in [5, 5.41) is 13.0. The normalized spacial score (nSPS) is 10.6. The van der Waals surface area contributed by atoms with Crippen molar-refractivity contribution in [3.63, 3.8) is 0 Å². The van der Waals surface area contributed by atoms with Gasteiger partial charge in [0, 0.05) is 12.7 Å². The van der Waals surface area contributed by atoms with Gasteiger partial charge in [0.15, 0.2) is 0 Å². The van der Waals surface area contributed by atoms with Crippen LogP contribution in [0.5, 0.6) is 5.75 Å². The lowest BCUT2D eigenvalue weighted by molar-refractivity contribution is 0.192. The molecule has 5 heteroatoms. The summed E-state index contributed by atoms with van der Waals surface area (Å²) in [4.78, 5) is 4.21. The first-order chi connectivity index (χ1) is 7.79. The molecular formula is C11H12N2O3. The van der Waals surface area contributed by atoms with E-state index >= 15 is 0 Å². The van der Waals surface area contributed by atoms with Crippen molar-refractivity contribution in [3.8, 4) is 17.1 Å². The Morgan fingerprint density at radius 1 is 1.31 bits per heavy atom. The largest absolute Gasteiger partial charge is 0.508 e. The molecule has 0 bridgehead atoms. The molecule has 0 aliphatic carbocycles. The van der Waals surface area contributed by atoms with Crippen LogP contribution >= 0.6 is 0 Å². The Morgan fingerprint density at radius 2 is 2.06 bits per heavy atom. The molecular weight excluding hydrogens is 208 g/mol. The zero-order valence-corrected chi connectivity index (χ0v) is 8.88. The Kier molecular flexibility index (Phi) is 3.16. The molecule has 0 spiro atoms. The minimum atomic E-state index is 0.215. The average molecular weight is 220 g/mol. The first-order valence-corrected chi connectivity index (χ1v) is 4.90. The van der Waals surface area contributed by atoms with Crippen LogP contribution in [0.3, 0.4) is 0 Å². The van der Waals surface area contributed by atoms with Crippen molar-refractivity contribution in [1.82, 2.24) is 10.1 Å². The molecule has 1 heterocycles. The van der Waals surface area contributed by atoms with E-state index in [1.165, 1.54) is 0 Å². The van der Waals surface area contributed by atoms with E-state index in [1.807, 2.05) is 0 Å². The van der Waals surface area contributed by atoms with Crippen LogP contribution in [0.15, 0.2) is 28.8 Å². The van der Waals surface area contributed by atoms with E-state index in [0.717, 1.165) is 5.56 Å². The number of phenols is 1. The number of methoxy groups -OCH3 is 1.